The molecule has 0 fully saturated rings. The van der Waals surface area contributed by atoms with E-state index in [-0.39, 0.29) is 5.91 Å². The van der Waals surface area contributed by atoms with E-state index in [1.54, 1.807) is 17.1 Å². The Morgan fingerprint density at radius 2 is 2.20 bits per heavy atom. The van der Waals surface area contributed by atoms with Gasteiger partial charge in [0.15, 0.2) is 0 Å². The van der Waals surface area contributed by atoms with Crippen LogP contribution in [-0.2, 0) is 18.4 Å². The van der Waals surface area contributed by atoms with Crippen molar-refractivity contribution in [3.63, 3.8) is 0 Å². The van der Waals surface area contributed by atoms with E-state index in [2.05, 4.69) is 22.3 Å². The van der Waals surface area contributed by atoms with E-state index in [4.69, 9.17) is 0 Å². The van der Waals surface area contributed by atoms with Crippen LogP contribution in [0.2, 0.25) is 0 Å². The van der Waals surface area contributed by atoms with Gasteiger partial charge in [0.1, 0.15) is 0 Å². The third-order valence-corrected chi connectivity index (χ3v) is 3.07. The summed E-state index contributed by atoms with van der Waals surface area (Å²) in [5, 5.41) is 7.02. The Hall–Kier alpha value is -2.17. The maximum Gasteiger partial charge on any atom is 0.220 e. The Morgan fingerprint density at radius 1 is 1.35 bits per heavy atom. The molecule has 5 nitrogen and oxygen atoms in total. The average Bonchev–Trinajstić information content (AvgIpc) is 2.90. The van der Waals surface area contributed by atoms with Crippen LogP contribution in [0.5, 0.6) is 0 Å². The van der Waals surface area contributed by atoms with Gasteiger partial charge in [0, 0.05) is 38.0 Å². The van der Waals surface area contributed by atoms with E-state index in [0.29, 0.717) is 13.0 Å². The number of unbranched alkanes of at least 4 members (excludes halogenated alkanes) is 1. The molecule has 2 rings (SSSR count). The second-order valence-electron chi connectivity index (χ2n) is 4.83. The fourth-order valence-corrected chi connectivity index (χ4v) is 1.88. The summed E-state index contributed by atoms with van der Waals surface area (Å²) in [6, 6.07) is 3.93. The highest BCUT2D eigenvalue weighted by Gasteiger charge is 2.03. The second-order valence-corrected chi connectivity index (χ2v) is 4.83. The summed E-state index contributed by atoms with van der Waals surface area (Å²) < 4.78 is 1.75. The van der Waals surface area contributed by atoms with Crippen molar-refractivity contribution >= 4 is 5.91 Å². The zero-order valence-corrected chi connectivity index (χ0v) is 12.0. The zero-order chi connectivity index (χ0) is 14.4. The number of rotatable bonds is 6. The van der Waals surface area contributed by atoms with Crippen LogP contribution >= 0.6 is 0 Å². The van der Waals surface area contributed by atoms with Gasteiger partial charge in [-0.25, -0.2) is 0 Å². The molecule has 0 unspecified atom stereocenters. The fraction of sp³-hybridized carbons (Fsp3) is 0.400. The molecule has 0 aliphatic carbocycles. The summed E-state index contributed by atoms with van der Waals surface area (Å²) in [6.45, 7) is 2.61. The molecule has 5 heteroatoms. The van der Waals surface area contributed by atoms with Gasteiger partial charge in [-0.15, -0.1) is 0 Å². The molecule has 2 aromatic rings. The maximum absolute atomic E-state index is 11.5. The maximum atomic E-state index is 11.5. The highest BCUT2D eigenvalue weighted by molar-refractivity contribution is 5.75. The lowest BCUT2D eigenvalue weighted by Gasteiger charge is -2.05. The van der Waals surface area contributed by atoms with Gasteiger partial charge >= 0.3 is 0 Å². The van der Waals surface area contributed by atoms with Gasteiger partial charge in [0.05, 0.1) is 11.9 Å². The number of carbonyl (C=O) groups is 1. The first kappa shape index (κ1) is 14.2. The van der Waals surface area contributed by atoms with Gasteiger partial charge in [-0.3, -0.25) is 14.5 Å². The molecule has 106 valence electrons. The minimum Gasteiger partial charge on any atom is -0.352 e. The molecule has 0 saturated carbocycles. The van der Waals surface area contributed by atoms with Crippen molar-refractivity contribution in [1.29, 1.82) is 0 Å². The summed E-state index contributed by atoms with van der Waals surface area (Å²) >= 11 is 0. The molecule has 0 bridgehead atoms. The van der Waals surface area contributed by atoms with Crippen molar-refractivity contribution in [2.24, 2.45) is 7.05 Å². The van der Waals surface area contributed by atoms with Crippen LogP contribution in [0.3, 0.4) is 0 Å². The van der Waals surface area contributed by atoms with Gasteiger partial charge in [-0.05, 0) is 18.1 Å². The van der Waals surface area contributed by atoms with Crippen molar-refractivity contribution < 1.29 is 4.79 Å². The quantitative estimate of drug-likeness (QED) is 0.877. The van der Waals surface area contributed by atoms with Crippen molar-refractivity contribution in [1.82, 2.24) is 20.1 Å². The molecule has 0 radical (unpaired) electrons. The molecule has 2 aromatic heterocycles. The number of pyridine rings is 1. The molecule has 1 amide bonds. The number of aromatic nitrogens is 3. The van der Waals surface area contributed by atoms with Gasteiger partial charge in [-0.1, -0.05) is 19.4 Å². The SMILES string of the molecule is CCCCC(=O)NCc1ccc(-c2cnn(C)c2)nc1. The minimum atomic E-state index is 0.100. The molecule has 0 aromatic carbocycles. The zero-order valence-electron chi connectivity index (χ0n) is 12.0. The first-order valence-corrected chi connectivity index (χ1v) is 6.89. The monoisotopic (exact) mass is 272 g/mol. The van der Waals surface area contributed by atoms with Crippen LogP contribution in [0.4, 0.5) is 0 Å². The molecular formula is C15H20N4O. The molecule has 0 spiro atoms. The summed E-state index contributed by atoms with van der Waals surface area (Å²) in [5.41, 5.74) is 2.88. The number of carbonyl (C=O) groups excluding carboxylic acids is 1. The molecule has 0 saturated heterocycles. The standard InChI is InChI=1S/C15H20N4O/c1-3-4-5-15(20)17-9-12-6-7-14(16-8-12)13-10-18-19(2)11-13/h6-8,10-11H,3-5,9H2,1-2H3,(H,17,20). The summed E-state index contributed by atoms with van der Waals surface area (Å²) in [5.74, 6) is 0.100. The van der Waals surface area contributed by atoms with E-state index in [0.717, 1.165) is 29.7 Å². The predicted molar refractivity (Wildman–Crippen MR) is 77.8 cm³/mol. The minimum absolute atomic E-state index is 0.100. The first-order chi connectivity index (χ1) is 9.69. The highest BCUT2D eigenvalue weighted by Crippen LogP contribution is 2.15. The van der Waals surface area contributed by atoms with E-state index < -0.39 is 0 Å². The topological polar surface area (TPSA) is 59.8 Å². The first-order valence-electron chi connectivity index (χ1n) is 6.89. The average molecular weight is 272 g/mol. The Balaban J connectivity index is 1.90. The number of nitrogens with zero attached hydrogens (tertiary/aromatic N) is 3. The Labute approximate surface area is 119 Å². The lowest BCUT2D eigenvalue weighted by molar-refractivity contribution is -0.121. The van der Waals surface area contributed by atoms with Crippen LogP contribution in [0.25, 0.3) is 11.3 Å². The Morgan fingerprint density at radius 3 is 2.80 bits per heavy atom. The number of aryl methyl sites for hydroxylation is 1. The summed E-state index contributed by atoms with van der Waals surface area (Å²) in [4.78, 5) is 15.9. The van der Waals surface area contributed by atoms with Crippen molar-refractivity contribution in [2.45, 2.75) is 32.7 Å². The number of hydrogen-bond acceptors (Lipinski definition) is 3. The van der Waals surface area contributed by atoms with Crippen LogP contribution in [0, 0.1) is 0 Å². The number of hydrogen-bond donors (Lipinski definition) is 1. The van der Waals surface area contributed by atoms with Crippen molar-refractivity contribution in [3.05, 3.63) is 36.3 Å². The highest BCUT2D eigenvalue weighted by atomic mass is 16.1. The van der Waals surface area contributed by atoms with Crippen molar-refractivity contribution in [2.75, 3.05) is 0 Å². The van der Waals surface area contributed by atoms with Crippen LogP contribution in [0.15, 0.2) is 30.7 Å². The summed E-state index contributed by atoms with van der Waals surface area (Å²) in [6.07, 6.45) is 8.07. The molecular weight excluding hydrogens is 252 g/mol. The van der Waals surface area contributed by atoms with Crippen LogP contribution < -0.4 is 5.32 Å². The third kappa shape index (κ3) is 3.91. The summed E-state index contributed by atoms with van der Waals surface area (Å²) in [7, 11) is 1.88. The lowest BCUT2D eigenvalue weighted by atomic mass is 10.2. The van der Waals surface area contributed by atoms with E-state index in [9.17, 15) is 4.79 Å². The van der Waals surface area contributed by atoms with E-state index in [1.807, 2.05) is 25.4 Å². The Kier molecular flexibility index (Phi) is 4.87. The molecule has 0 atom stereocenters. The molecule has 2 heterocycles. The van der Waals surface area contributed by atoms with Crippen LogP contribution in [-0.4, -0.2) is 20.7 Å². The van der Waals surface area contributed by atoms with E-state index >= 15 is 0 Å². The van der Waals surface area contributed by atoms with Gasteiger partial charge in [0.2, 0.25) is 5.91 Å². The Bertz CT molecular complexity index is 560. The number of nitrogens with one attached hydrogen (secondary N) is 1. The predicted octanol–water partition coefficient (Wildman–Crippen LogP) is 2.29. The molecule has 20 heavy (non-hydrogen) atoms. The normalized spacial score (nSPS) is 10.5. The lowest BCUT2D eigenvalue weighted by Crippen LogP contribution is -2.22. The molecule has 1 N–H and O–H groups in total. The largest absolute Gasteiger partial charge is 0.352 e. The molecule has 0 aliphatic rings. The third-order valence-electron chi connectivity index (χ3n) is 3.07. The van der Waals surface area contributed by atoms with Gasteiger partial charge in [-0.2, -0.15) is 5.10 Å². The fourth-order valence-electron chi connectivity index (χ4n) is 1.88. The number of amides is 1. The van der Waals surface area contributed by atoms with Crippen molar-refractivity contribution in [3.8, 4) is 11.3 Å². The van der Waals surface area contributed by atoms with Gasteiger partial charge in [0.25, 0.3) is 0 Å². The van der Waals surface area contributed by atoms with Gasteiger partial charge < -0.3 is 5.32 Å². The van der Waals surface area contributed by atoms with Crippen LogP contribution in [0.1, 0.15) is 31.7 Å². The second kappa shape index (κ2) is 6.84. The molecule has 0 aliphatic heterocycles. The smallest absolute Gasteiger partial charge is 0.220 e. The van der Waals surface area contributed by atoms with E-state index in [1.165, 1.54) is 0 Å².